The highest BCUT2D eigenvalue weighted by atomic mass is 19.4. The Kier molecular flexibility index (Phi) is 7.35. The summed E-state index contributed by atoms with van der Waals surface area (Å²) in [7, 11) is 1.64. The van der Waals surface area contributed by atoms with E-state index in [9.17, 15) is 18.0 Å². The number of anilines is 1. The zero-order chi connectivity index (χ0) is 28.3. The monoisotopic (exact) mass is 544 g/mol. The van der Waals surface area contributed by atoms with Gasteiger partial charge in [0.05, 0.1) is 41.6 Å². The van der Waals surface area contributed by atoms with Crippen molar-refractivity contribution in [2.24, 2.45) is 0 Å². The summed E-state index contributed by atoms with van der Waals surface area (Å²) in [5, 5.41) is 6.77. The van der Waals surface area contributed by atoms with Crippen molar-refractivity contribution in [3.63, 3.8) is 0 Å². The lowest BCUT2D eigenvalue weighted by molar-refractivity contribution is -0.137. The molecule has 3 heterocycles. The molecule has 3 aromatic heterocycles. The third-order valence-electron chi connectivity index (χ3n) is 6.14. The van der Waals surface area contributed by atoms with Crippen LogP contribution >= 0.6 is 0 Å². The van der Waals surface area contributed by atoms with Crippen molar-refractivity contribution in [1.82, 2.24) is 24.3 Å². The number of hydrogen-bond donors (Lipinski definition) is 1. The summed E-state index contributed by atoms with van der Waals surface area (Å²) in [5.41, 5.74) is 4.07. The van der Waals surface area contributed by atoms with Crippen molar-refractivity contribution < 1.29 is 22.7 Å². The van der Waals surface area contributed by atoms with Gasteiger partial charge in [0.1, 0.15) is 12.1 Å². The minimum atomic E-state index is -4.54. The second-order valence-electron chi connectivity index (χ2n) is 8.93. The lowest BCUT2D eigenvalue weighted by atomic mass is 10.0. The Labute approximate surface area is 227 Å². The van der Waals surface area contributed by atoms with Crippen molar-refractivity contribution in [3.8, 4) is 17.5 Å². The van der Waals surface area contributed by atoms with Crippen LogP contribution in [-0.2, 0) is 17.5 Å². The number of nitrogens with one attached hydrogen (secondary N) is 1. The van der Waals surface area contributed by atoms with E-state index in [1.54, 1.807) is 42.5 Å². The van der Waals surface area contributed by atoms with Crippen LogP contribution in [0.2, 0.25) is 0 Å². The summed E-state index contributed by atoms with van der Waals surface area (Å²) in [6.07, 6.45) is 1.87. The first kappa shape index (κ1) is 26.6. The van der Waals surface area contributed by atoms with Gasteiger partial charge in [-0.3, -0.25) is 14.0 Å². The van der Waals surface area contributed by atoms with Gasteiger partial charge in [-0.2, -0.15) is 18.3 Å². The van der Waals surface area contributed by atoms with Crippen LogP contribution in [0.15, 0.2) is 73.4 Å². The Bertz CT molecular complexity index is 1760. The predicted molar refractivity (Wildman–Crippen MR) is 143 cm³/mol. The topological polar surface area (TPSA) is 86.9 Å². The number of amides is 1. The normalized spacial score (nSPS) is 11.3. The van der Waals surface area contributed by atoms with Gasteiger partial charge in [0.15, 0.2) is 0 Å². The Morgan fingerprint density at radius 3 is 2.73 bits per heavy atom. The van der Waals surface area contributed by atoms with Crippen LogP contribution in [0.25, 0.3) is 16.7 Å². The Morgan fingerprint density at radius 2 is 1.93 bits per heavy atom. The molecule has 0 saturated carbocycles. The fourth-order valence-corrected chi connectivity index (χ4v) is 3.98. The summed E-state index contributed by atoms with van der Waals surface area (Å²) in [5.74, 6) is 5.42. The molecule has 5 rings (SSSR count). The van der Waals surface area contributed by atoms with E-state index in [2.05, 4.69) is 32.2 Å². The fraction of sp³-hybridized carbons (Fsp3) is 0.172. The van der Waals surface area contributed by atoms with Crippen LogP contribution in [0, 0.1) is 18.8 Å². The molecule has 0 unspecified atom stereocenters. The molecule has 0 atom stereocenters. The molecule has 1 amide bonds. The van der Waals surface area contributed by atoms with Crippen LogP contribution in [0.1, 0.15) is 32.6 Å². The number of hydrogen-bond acceptors (Lipinski definition) is 5. The van der Waals surface area contributed by atoms with E-state index in [-0.39, 0.29) is 11.4 Å². The number of rotatable bonds is 6. The molecule has 0 saturated heterocycles. The van der Waals surface area contributed by atoms with Crippen LogP contribution in [-0.4, -0.2) is 43.9 Å². The highest BCUT2D eigenvalue weighted by Crippen LogP contribution is 2.30. The molecule has 0 spiro atoms. The van der Waals surface area contributed by atoms with Crippen molar-refractivity contribution in [3.05, 3.63) is 101 Å². The quantitative estimate of drug-likeness (QED) is 0.296. The zero-order valence-corrected chi connectivity index (χ0v) is 21.5. The van der Waals surface area contributed by atoms with E-state index in [0.29, 0.717) is 18.7 Å². The van der Waals surface area contributed by atoms with Gasteiger partial charge in [-0.1, -0.05) is 17.9 Å². The van der Waals surface area contributed by atoms with Crippen molar-refractivity contribution in [1.29, 1.82) is 0 Å². The molecule has 0 fully saturated rings. The molecule has 0 aliphatic carbocycles. The molecular formula is C29H23F3N6O2. The maximum atomic E-state index is 13.0. The van der Waals surface area contributed by atoms with E-state index in [4.69, 9.17) is 4.74 Å². The molecule has 202 valence electrons. The molecule has 0 aliphatic heterocycles. The van der Waals surface area contributed by atoms with Crippen LogP contribution in [0.4, 0.5) is 19.0 Å². The second kappa shape index (κ2) is 11.0. The average Bonchev–Trinajstić information content (AvgIpc) is 3.57. The number of aromatic nitrogens is 5. The lowest BCUT2D eigenvalue weighted by Gasteiger charge is -2.09. The number of carbonyl (C=O) groups is 1. The number of carbonyl (C=O) groups excluding carboxylic acids is 1. The minimum Gasteiger partial charge on any atom is -0.383 e. The summed E-state index contributed by atoms with van der Waals surface area (Å²) >= 11 is 0. The molecule has 0 aliphatic rings. The summed E-state index contributed by atoms with van der Waals surface area (Å²) in [4.78, 5) is 21.0. The molecule has 40 heavy (non-hydrogen) atoms. The highest BCUT2D eigenvalue weighted by molar-refractivity contribution is 6.04. The maximum Gasteiger partial charge on any atom is 0.416 e. The van der Waals surface area contributed by atoms with Gasteiger partial charge in [-0.25, -0.2) is 9.97 Å². The van der Waals surface area contributed by atoms with Gasteiger partial charge < -0.3 is 10.1 Å². The van der Waals surface area contributed by atoms with E-state index < -0.39 is 17.6 Å². The van der Waals surface area contributed by atoms with Gasteiger partial charge in [-0.15, -0.1) is 0 Å². The Balaban J connectivity index is 1.35. The largest absolute Gasteiger partial charge is 0.416 e. The third-order valence-corrected chi connectivity index (χ3v) is 6.14. The van der Waals surface area contributed by atoms with Crippen LogP contribution in [0.5, 0.6) is 0 Å². The van der Waals surface area contributed by atoms with Crippen molar-refractivity contribution >= 4 is 22.8 Å². The number of alkyl halides is 3. The van der Waals surface area contributed by atoms with Gasteiger partial charge >= 0.3 is 6.18 Å². The standard InChI is InChI=1S/C29H23F3N6O2/c1-19-3-6-22(28(39)36-27-15-23(9-10-33-27)29(30,31)32)14-21(19)7-4-20-5-8-26-25(13-20)34-18-38(26)24-16-35-37(17-24)11-12-40-2/h3,5-6,8-10,13-18H,11-12H2,1-2H3,(H,33,36,39). The molecular weight excluding hydrogens is 521 g/mol. The van der Waals surface area contributed by atoms with E-state index >= 15 is 0 Å². The summed E-state index contributed by atoms with van der Waals surface area (Å²) in [6.45, 7) is 3.07. The molecule has 11 heteroatoms. The number of pyridine rings is 1. The first-order valence-corrected chi connectivity index (χ1v) is 12.2. The molecule has 5 aromatic rings. The second-order valence-corrected chi connectivity index (χ2v) is 8.93. The number of benzene rings is 2. The Morgan fingerprint density at radius 1 is 1.07 bits per heavy atom. The number of fused-ring (bicyclic) bond motifs is 1. The first-order chi connectivity index (χ1) is 19.2. The van der Waals surface area contributed by atoms with E-state index in [0.717, 1.165) is 46.2 Å². The molecule has 1 N–H and O–H groups in total. The number of nitrogens with zero attached hydrogens (tertiary/aromatic N) is 5. The summed E-state index contributed by atoms with van der Waals surface area (Å²) < 4.78 is 47.8. The van der Waals surface area contributed by atoms with E-state index in [1.807, 2.05) is 35.9 Å². The molecule has 0 radical (unpaired) electrons. The van der Waals surface area contributed by atoms with Gasteiger partial charge in [0, 0.05) is 36.2 Å². The molecule has 0 bridgehead atoms. The van der Waals surface area contributed by atoms with Crippen LogP contribution < -0.4 is 5.32 Å². The van der Waals surface area contributed by atoms with Gasteiger partial charge in [0.2, 0.25) is 0 Å². The predicted octanol–water partition coefficient (Wildman–Crippen LogP) is 5.24. The van der Waals surface area contributed by atoms with Crippen molar-refractivity contribution in [2.45, 2.75) is 19.6 Å². The minimum absolute atomic E-state index is 0.192. The fourth-order valence-electron chi connectivity index (χ4n) is 3.98. The number of ether oxygens (including phenoxy) is 1. The van der Waals surface area contributed by atoms with E-state index in [1.165, 1.54) is 0 Å². The molecule has 2 aromatic carbocycles. The average molecular weight is 545 g/mol. The smallest absolute Gasteiger partial charge is 0.383 e. The SMILES string of the molecule is COCCn1cc(-n2cnc3cc(C#Cc4cc(C(=O)Nc5cc(C(F)(F)F)ccn5)ccc4C)ccc32)cn1. The third kappa shape index (κ3) is 5.87. The number of methoxy groups -OCH3 is 1. The van der Waals surface area contributed by atoms with Gasteiger partial charge in [-0.05, 0) is 55.0 Å². The number of halogens is 3. The van der Waals surface area contributed by atoms with Crippen LogP contribution in [0.3, 0.4) is 0 Å². The lowest BCUT2D eigenvalue weighted by Crippen LogP contribution is -2.14. The maximum absolute atomic E-state index is 13.0. The first-order valence-electron chi connectivity index (χ1n) is 12.2. The van der Waals surface area contributed by atoms with Gasteiger partial charge in [0.25, 0.3) is 5.91 Å². The Hall–Kier alpha value is -4.95. The van der Waals surface area contributed by atoms with Crippen molar-refractivity contribution in [2.75, 3.05) is 19.0 Å². The number of aryl methyl sites for hydroxylation is 1. The zero-order valence-electron chi connectivity index (χ0n) is 21.5. The number of imidazole rings is 1. The molecule has 8 nitrogen and oxygen atoms in total. The summed E-state index contributed by atoms with van der Waals surface area (Å²) in [6, 6.07) is 12.2. The highest BCUT2D eigenvalue weighted by Gasteiger charge is 2.30.